The summed E-state index contributed by atoms with van der Waals surface area (Å²) >= 11 is 0. The van der Waals surface area contributed by atoms with Gasteiger partial charge in [-0.05, 0) is 24.6 Å². The van der Waals surface area contributed by atoms with Gasteiger partial charge in [-0.1, -0.05) is 25.2 Å². The van der Waals surface area contributed by atoms with E-state index in [4.69, 9.17) is 4.42 Å². The van der Waals surface area contributed by atoms with Crippen LogP contribution >= 0.6 is 0 Å². The molecule has 0 bridgehead atoms. The minimum Gasteiger partial charge on any atom is -0.465 e. The lowest BCUT2D eigenvalue weighted by Crippen LogP contribution is -1.57. The van der Waals surface area contributed by atoms with Crippen molar-refractivity contribution in [2.75, 3.05) is 0 Å². The van der Waals surface area contributed by atoms with E-state index in [-0.39, 0.29) is 0 Å². The van der Waals surface area contributed by atoms with Crippen LogP contribution in [0.4, 0.5) is 0 Å². The van der Waals surface area contributed by atoms with Gasteiger partial charge in [0.1, 0.15) is 5.76 Å². The Labute approximate surface area is 67.0 Å². The van der Waals surface area contributed by atoms with Crippen molar-refractivity contribution >= 4 is 6.08 Å². The molecule has 1 heteroatoms. The van der Waals surface area contributed by atoms with Crippen LogP contribution in [0.25, 0.3) is 6.08 Å². The van der Waals surface area contributed by atoms with Crippen LogP contribution in [0.15, 0.2) is 41.0 Å². The summed E-state index contributed by atoms with van der Waals surface area (Å²) in [6.45, 7) is 2.11. The van der Waals surface area contributed by atoms with Crippen molar-refractivity contribution in [3.05, 3.63) is 42.4 Å². The molecule has 0 aliphatic heterocycles. The SMILES string of the molecule is CC/C=C\C=C\c1ccco1. The first-order valence-corrected chi connectivity index (χ1v) is 3.80. The van der Waals surface area contributed by atoms with Crippen molar-refractivity contribution in [3.8, 4) is 0 Å². The van der Waals surface area contributed by atoms with Crippen LogP contribution in [0.1, 0.15) is 19.1 Å². The van der Waals surface area contributed by atoms with E-state index in [0.29, 0.717) is 0 Å². The quantitative estimate of drug-likeness (QED) is 0.599. The average Bonchev–Trinajstić information content (AvgIpc) is 2.50. The second-order valence-electron chi connectivity index (χ2n) is 2.21. The highest BCUT2D eigenvalue weighted by atomic mass is 16.3. The Hall–Kier alpha value is -1.24. The highest BCUT2D eigenvalue weighted by Crippen LogP contribution is 2.01. The van der Waals surface area contributed by atoms with Gasteiger partial charge >= 0.3 is 0 Å². The first-order chi connectivity index (χ1) is 5.43. The lowest BCUT2D eigenvalue weighted by atomic mass is 10.3. The Balaban J connectivity index is 2.43. The molecule has 0 atom stereocenters. The maximum absolute atomic E-state index is 5.09. The van der Waals surface area contributed by atoms with Crippen molar-refractivity contribution in [3.63, 3.8) is 0 Å². The summed E-state index contributed by atoms with van der Waals surface area (Å²) in [6.07, 6.45) is 10.8. The molecule has 1 rings (SSSR count). The van der Waals surface area contributed by atoms with E-state index < -0.39 is 0 Å². The minimum atomic E-state index is 0.894. The third kappa shape index (κ3) is 2.89. The Bertz CT molecular complexity index is 229. The van der Waals surface area contributed by atoms with Crippen molar-refractivity contribution < 1.29 is 4.42 Å². The Morgan fingerprint density at radius 3 is 3.00 bits per heavy atom. The van der Waals surface area contributed by atoms with Gasteiger partial charge in [-0.2, -0.15) is 0 Å². The van der Waals surface area contributed by atoms with Gasteiger partial charge in [0.05, 0.1) is 6.26 Å². The van der Waals surface area contributed by atoms with E-state index in [0.717, 1.165) is 12.2 Å². The highest BCUT2D eigenvalue weighted by Gasteiger charge is 1.83. The molecule has 1 heterocycles. The molecule has 0 aromatic carbocycles. The number of furan rings is 1. The number of hydrogen-bond acceptors (Lipinski definition) is 1. The van der Waals surface area contributed by atoms with Gasteiger partial charge in [-0.15, -0.1) is 0 Å². The predicted octanol–water partition coefficient (Wildman–Crippen LogP) is 3.26. The van der Waals surface area contributed by atoms with E-state index >= 15 is 0 Å². The van der Waals surface area contributed by atoms with Crippen LogP contribution in [0.5, 0.6) is 0 Å². The molecule has 0 fully saturated rings. The summed E-state index contributed by atoms with van der Waals surface area (Å²) < 4.78 is 5.09. The molecular formula is C10H12O. The third-order valence-corrected chi connectivity index (χ3v) is 1.29. The third-order valence-electron chi connectivity index (χ3n) is 1.29. The number of hydrogen-bond donors (Lipinski definition) is 0. The molecule has 58 valence electrons. The topological polar surface area (TPSA) is 13.1 Å². The van der Waals surface area contributed by atoms with E-state index in [1.165, 1.54) is 0 Å². The van der Waals surface area contributed by atoms with Gasteiger partial charge in [0.25, 0.3) is 0 Å². The largest absolute Gasteiger partial charge is 0.465 e. The molecule has 0 amide bonds. The van der Waals surface area contributed by atoms with Gasteiger partial charge < -0.3 is 4.42 Å². The number of rotatable bonds is 3. The summed E-state index contributed by atoms with van der Waals surface area (Å²) in [7, 11) is 0. The monoisotopic (exact) mass is 148 g/mol. The van der Waals surface area contributed by atoms with E-state index in [1.54, 1.807) is 6.26 Å². The van der Waals surface area contributed by atoms with E-state index in [2.05, 4.69) is 13.0 Å². The van der Waals surface area contributed by atoms with Crippen LogP contribution in [-0.4, -0.2) is 0 Å². The van der Waals surface area contributed by atoms with Gasteiger partial charge in [0.15, 0.2) is 0 Å². The van der Waals surface area contributed by atoms with Crippen molar-refractivity contribution in [1.82, 2.24) is 0 Å². The van der Waals surface area contributed by atoms with Gasteiger partial charge in [0, 0.05) is 0 Å². The molecule has 0 radical (unpaired) electrons. The molecule has 0 saturated carbocycles. The zero-order valence-corrected chi connectivity index (χ0v) is 6.66. The molecule has 0 aliphatic carbocycles. The normalized spacial score (nSPS) is 11.7. The zero-order chi connectivity index (χ0) is 7.94. The maximum atomic E-state index is 5.09. The van der Waals surface area contributed by atoms with Crippen LogP contribution < -0.4 is 0 Å². The lowest BCUT2D eigenvalue weighted by Gasteiger charge is -1.79. The van der Waals surface area contributed by atoms with Crippen LogP contribution in [0.3, 0.4) is 0 Å². The first kappa shape index (κ1) is 7.86. The fraction of sp³-hybridized carbons (Fsp3) is 0.200. The summed E-state index contributed by atoms with van der Waals surface area (Å²) in [5.74, 6) is 0.894. The molecule has 1 nitrogen and oxygen atoms in total. The van der Waals surface area contributed by atoms with Crippen LogP contribution in [-0.2, 0) is 0 Å². The molecule has 0 spiro atoms. The molecule has 1 aromatic rings. The van der Waals surface area contributed by atoms with Crippen molar-refractivity contribution in [2.45, 2.75) is 13.3 Å². The maximum Gasteiger partial charge on any atom is 0.126 e. The van der Waals surface area contributed by atoms with Crippen molar-refractivity contribution in [1.29, 1.82) is 0 Å². The van der Waals surface area contributed by atoms with E-state index in [1.807, 2.05) is 30.4 Å². The Morgan fingerprint density at radius 1 is 1.45 bits per heavy atom. The minimum absolute atomic E-state index is 0.894. The molecule has 0 N–H and O–H groups in total. The van der Waals surface area contributed by atoms with E-state index in [9.17, 15) is 0 Å². The molecule has 0 aliphatic rings. The standard InChI is InChI=1S/C10H12O/c1-2-3-4-5-7-10-8-6-9-11-10/h3-9H,2H2,1H3/b4-3-,7-5+. The van der Waals surface area contributed by atoms with Crippen molar-refractivity contribution in [2.24, 2.45) is 0 Å². The van der Waals surface area contributed by atoms with Gasteiger partial charge in [0.2, 0.25) is 0 Å². The lowest BCUT2D eigenvalue weighted by molar-refractivity contribution is 0.557. The van der Waals surface area contributed by atoms with Crippen LogP contribution in [0, 0.1) is 0 Å². The molecule has 1 aromatic heterocycles. The Kier molecular flexibility index (Phi) is 3.26. The smallest absolute Gasteiger partial charge is 0.126 e. The Morgan fingerprint density at radius 2 is 2.36 bits per heavy atom. The summed E-state index contributed by atoms with van der Waals surface area (Å²) in [5, 5.41) is 0. The summed E-state index contributed by atoms with van der Waals surface area (Å²) in [4.78, 5) is 0. The van der Waals surface area contributed by atoms with Gasteiger partial charge in [-0.25, -0.2) is 0 Å². The number of allylic oxidation sites excluding steroid dienone is 3. The predicted molar refractivity (Wildman–Crippen MR) is 47.2 cm³/mol. The van der Waals surface area contributed by atoms with Gasteiger partial charge in [-0.3, -0.25) is 0 Å². The summed E-state index contributed by atoms with van der Waals surface area (Å²) in [6, 6.07) is 3.81. The average molecular weight is 148 g/mol. The fourth-order valence-corrected chi connectivity index (χ4v) is 0.751. The molecule has 11 heavy (non-hydrogen) atoms. The molecule has 0 saturated heterocycles. The zero-order valence-electron chi connectivity index (χ0n) is 6.66. The highest BCUT2D eigenvalue weighted by molar-refractivity contribution is 5.44. The molecular weight excluding hydrogens is 136 g/mol. The second-order valence-corrected chi connectivity index (χ2v) is 2.21. The molecule has 0 unspecified atom stereocenters. The fourth-order valence-electron chi connectivity index (χ4n) is 0.751. The first-order valence-electron chi connectivity index (χ1n) is 3.80. The summed E-state index contributed by atoms with van der Waals surface area (Å²) in [5.41, 5.74) is 0. The van der Waals surface area contributed by atoms with Crippen LogP contribution in [0.2, 0.25) is 0 Å². The second kappa shape index (κ2) is 4.56.